The lowest BCUT2D eigenvalue weighted by Gasteiger charge is -2.15. The van der Waals surface area contributed by atoms with Crippen LogP contribution < -0.4 is 5.32 Å². The van der Waals surface area contributed by atoms with Crippen LogP contribution in [0.2, 0.25) is 5.02 Å². The van der Waals surface area contributed by atoms with Gasteiger partial charge in [0.2, 0.25) is 0 Å². The van der Waals surface area contributed by atoms with Crippen LogP contribution in [0.25, 0.3) is 11.1 Å². The van der Waals surface area contributed by atoms with Crippen LogP contribution >= 0.6 is 11.6 Å². The quantitative estimate of drug-likeness (QED) is 0.825. The van der Waals surface area contributed by atoms with Crippen molar-refractivity contribution in [3.63, 3.8) is 0 Å². The highest BCUT2D eigenvalue weighted by Gasteiger charge is 2.25. The van der Waals surface area contributed by atoms with E-state index in [1.54, 1.807) is 12.1 Å². The molecule has 3 rings (SSSR count). The Labute approximate surface area is 130 Å². The number of nitrogens with one attached hydrogen (secondary N) is 1. The second-order valence-corrected chi connectivity index (χ2v) is 5.98. The molecule has 0 fully saturated rings. The fourth-order valence-corrected chi connectivity index (χ4v) is 3.30. The van der Waals surface area contributed by atoms with E-state index in [1.807, 2.05) is 12.1 Å². The Morgan fingerprint density at radius 3 is 2.86 bits per heavy atom. The minimum absolute atomic E-state index is 0.249. The predicted octanol–water partition coefficient (Wildman–Crippen LogP) is 5.13. The molecule has 110 valence electrons. The number of fused-ring (bicyclic) bond motifs is 1. The third kappa shape index (κ3) is 2.83. The van der Waals surface area contributed by atoms with Crippen LogP contribution in [0.1, 0.15) is 36.9 Å². The molecule has 2 aromatic rings. The number of hydrogen-bond donors (Lipinski definition) is 1. The molecule has 0 aromatic heterocycles. The molecule has 0 bridgehead atoms. The Morgan fingerprint density at radius 2 is 2.10 bits per heavy atom. The molecule has 2 aromatic carbocycles. The number of halogens is 2. The number of benzene rings is 2. The summed E-state index contributed by atoms with van der Waals surface area (Å²) in [6, 6.07) is 11.5. The maximum atomic E-state index is 14.2. The molecule has 0 saturated carbocycles. The van der Waals surface area contributed by atoms with Crippen molar-refractivity contribution in [2.45, 2.75) is 32.2 Å². The first-order valence-electron chi connectivity index (χ1n) is 7.51. The number of hydrogen-bond acceptors (Lipinski definition) is 1. The van der Waals surface area contributed by atoms with Gasteiger partial charge in [0, 0.05) is 16.6 Å². The maximum Gasteiger partial charge on any atom is 0.132 e. The molecule has 0 heterocycles. The summed E-state index contributed by atoms with van der Waals surface area (Å²) in [5.74, 6) is -0.249. The van der Waals surface area contributed by atoms with E-state index in [2.05, 4.69) is 18.3 Å². The van der Waals surface area contributed by atoms with Crippen molar-refractivity contribution in [1.82, 2.24) is 5.32 Å². The van der Waals surface area contributed by atoms with E-state index in [-0.39, 0.29) is 5.82 Å². The zero-order chi connectivity index (χ0) is 14.8. The van der Waals surface area contributed by atoms with Crippen LogP contribution in [0, 0.1) is 5.82 Å². The molecule has 0 saturated heterocycles. The van der Waals surface area contributed by atoms with Crippen LogP contribution in [0.5, 0.6) is 0 Å². The molecule has 1 atom stereocenters. The molecule has 1 aliphatic rings. The Hall–Kier alpha value is -1.38. The summed E-state index contributed by atoms with van der Waals surface area (Å²) in [4.78, 5) is 0. The highest BCUT2D eigenvalue weighted by Crippen LogP contribution is 2.38. The molecule has 0 aliphatic heterocycles. The van der Waals surface area contributed by atoms with Gasteiger partial charge in [0.05, 0.1) is 0 Å². The molecule has 3 heteroatoms. The summed E-state index contributed by atoms with van der Waals surface area (Å²) in [5, 5.41) is 4.01. The first-order chi connectivity index (χ1) is 10.2. The van der Waals surface area contributed by atoms with E-state index in [9.17, 15) is 4.39 Å². The molecule has 1 nitrogen and oxygen atoms in total. The molecule has 21 heavy (non-hydrogen) atoms. The summed E-state index contributed by atoms with van der Waals surface area (Å²) in [7, 11) is 0. The minimum atomic E-state index is -0.249. The molecule has 1 N–H and O–H groups in total. The molecule has 0 spiro atoms. The van der Waals surface area contributed by atoms with Crippen molar-refractivity contribution in [3.05, 3.63) is 58.4 Å². The van der Waals surface area contributed by atoms with Gasteiger partial charge in [-0.1, -0.05) is 36.7 Å². The normalized spacial score (nSPS) is 17.0. The zero-order valence-electron chi connectivity index (χ0n) is 12.1. The van der Waals surface area contributed by atoms with E-state index in [1.165, 1.54) is 17.2 Å². The average Bonchev–Trinajstić information content (AvgIpc) is 2.88. The fourth-order valence-electron chi connectivity index (χ4n) is 3.15. The van der Waals surface area contributed by atoms with Gasteiger partial charge in [-0.25, -0.2) is 4.39 Å². The Bertz CT molecular complexity index is 654. The SMILES string of the molecule is CCCNC1CCc2c(-c3ccc(Cl)cc3F)cccc21. The molecule has 1 unspecified atom stereocenters. The van der Waals surface area contributed by atoms with Crippen LogP contribution in [0.3, 0.4) is 0 Å². The first kappa shape index (κ1) is 14.6. The van der Waals surface area contributed by atoms with Crippen molar-refractivity contribution in [2.24, 2.45) is 0 Å². The highest BCUT2D eigenvalue weighted by molar-refractivity contribution is 6.30. The zero-order valence-corrected chi connectivity index (χ0v) is 12.9. The topological polar surface area (TPSA) is 12.0 Å². The lowest BCUT2D eigenvalue weighted by atomic mass is 9.96. The summed E-state index contributed by atoms with van der Waals surface area (Å²) in [6.45, 7) is 3.19. The predicted molar refractivity (Wildman–Crippen MR) is 86.2 cm³/mol. The van der Waals surface area contributed by atoms with E-state index < -0.39 is 0 Å². The molecule has 1 aliphatic carbocycles. The molecule has 0 amide bonds. The molecular weight excluding hydrogens is 285 g/mol. The maximum absolute atomic E-state index is 14.2. The average molecular weight is 304 g/mol. The third-order valence-corrected chi connectivity index (χ3v) is 4.37. The van der Waals surface area contributed by atoms with Crippen molar-refractivity contribution < 1.29 is 4.39 Å². The second kappa shape index (κ2) is 6.17. The summed E-state index contributed by atoms with van der Waals surface area (Å²) in [6.07, 6.45) is 3.20. The smallest absolute Gasteiger partial charge is 0.132 e. The lowest BCUT2D eigenvalue weighted by Crippen LogP contribution is -2.19. The van der Waals surface area contributed by atoms with Gasteiger partial charge >= 0.3 is 0 Å². The standard InChI is InChI=1S/C18H19ClFN/c1-2-10-21-18-9-8-14-13(4-3-5-16(14)18)15-7-6-12(19)11-17(15)20/h3-7,11,18,21H,2,8-10H2,1H3. The second-order valence-electron chi connectivity index (χ2n) is 5.54. The summed E-state index contributed by atoms with van der Waals surface area (Å²) < 4.78 is 14.2. The van der Waals surface area contributed by atoms with Crippen molar-refractivity contribution >= 4 is 11.6 Å². The van der Waals surface area contributed by atoms with Gasteiger partial charge in [-0.2, -0.15) is 0 Å². The van der Waals surface area contributed by atoms with Crippen molar-refractivity contribution in [2.75, 3.05) is 6.54 Å². The van der Waals surface area contributed by atoms with Crippen LogP contribution in [-0.2, 0) is 6.42 Å². The summed E-state index contributed by atoms with van der Waals surface area (Å²) in [5.41, 5.74) is 4.23. The van der Waals surface area contributed by atoms with Crippen LogP contribution in [-0.4, -0.2) is 6.54 Å². The monoisotopic (exact) mass is 303 g/mol. The minimum Gasteiger partial charge on any atom is -0.310 e. The van der Waals surface area contributed by atoms with Gasteiger partial charge in [0.25, 0.3) is 0 Å². The third-order valence-electron chi connectivity index (χ3n) is 4.13. The summed E-state index contributed by atoms with van der Waals surface area (Å²) >= 11 is 5.85. The van der Waals surface area contributed by atoms with Gasteiger partial charge in [-0.3, -0.25) is 0 Å². The van der Waals surface area contributed by atoms with E-state index in [0.717, 1.165) is 31.4 Å². The van der Waals surface area contributed by atoms with E-state index in [0.29, 0.717) is 16.6 Å². The first-order valence-corrected chi connectivity index (χ1v) is 7.89. The van der Waals surface area contributed by atoms with E-state index >= 15 is 0 Å². The Balaban J connectivity index is 2.00. The van der Waals surface area contributed by atoms with Gasteiger partial charge in [0.1, 0.15) is 5.82 Å². The highest BCUT2D eigenvalue weighted by atomic mass is 35.5. The Kier molecular flexibility index (Phi) is 4.27. The largest absolute Gasteiger partial charge is 0.310 e. The van der Waals surface area contributed by atoms with Crippen LogP contribution in [0.15, 0.2) is 36.4 Å². The molecular formula is C18H19ClFN. The van der Waals surface area contributed by atoms with Crippen molar-refractivity contribution in [1.29, 1.82) is 0 Å². The number of rotatable bonds is 4. The van der Waals surface area contributed by atoms with Crippen molar-refractivity contribution in [3.8, 4) is 11.1 Å². The van der Waals surface area contributed by atoms with Gasteiger partial charge < -0.3 is 5.32 Å². The van der Waals surface area contributed by atoms with E-state index in [4.69, 9.17) is 11.6 Å². The lowest BCUT2D eigenvalue weighted by molar-refractivity contribution is 0.529. The Morgan fingerprint density at radius 1 is 1.24 bits per heavy atom. The fraction of sp³-hybridized carbons (Fsp3) is 0.333. The van der Waals surface area contributed by atoms with Gasteiger partial charge in [-0.15, -0.1) is 0 Å². The molecule has 0 radical (unpaired) electrons. The van der Waals surface area contributed by atoms with Gasteiger partial charge in [-0.05, 0) is 60.7 Å². The van der Waals surface area contributed by atoms with Gasteiger partial charge in [0.15, 0.2) is 0 Å². The van der Waals surface area contributed by atoms with Crippen LogP contribution in [0.4, 0.5) is 4.39 Å².